The van der Waals surface area contributed by atoms with Crippen LogP contribution in [0.1, 0.15) is 0 Å². The van der Waals surface area contributed by atoms with E-state index in [1.54, 1.807) is 24.1 Å². The van der Waals surface area contributed by atoms with Gasteiger partial charge in [0, 0.05) is 12.7 Å². The van der Waals surface area contributed by atoms with E-state index in [1.165, 1.54) is 18.3 Å². The summed E-state index contributed by atoms with van der Waals surface area (Å²) >= 11 is 5.98. The molecule has 0 aliphatic heterocycles. The molecule has 0 amide bonds. The maximum Gasteiger partial charge on any atom is 0.222 e. The standard InChI is InChI=1S/C11H10ClFN4/c1-17(8-4-2-7(13)3-5-8)10-9(12)6-15-11(14)16-10/h2-6H,1H3,(H2,14,15,16). The minimum absolute atomic E-state index is 0.137. The molecule has 6 heteroatoms. The van der Waals surface area contributed by atoms with Crippen molar-refractivity contribution in [3.05, 3.63) is 41.3 Å². The summed E-state index contributed by atoms with van der Waals surface area (Å²) in [5.41, 5.74) is 6.26. The molecular weight excluding hydrogens is 243 g/mol. The summed E-state index contributed by atoms with van der Waals surface area (Å²) in [5, 5.41) is 0.381. The van der Waals surface area contributed by atoms with E-state index in [1.807, 2.05) is 0 Å². The van der Waals surface area contributed by atoms with Crippen LogP contribution in [0.15, 0.2) is 30.5 Å². The molecule has 0 saturated heterocycles. The molecule has 4 nitrogen and oxygen atoms in total. The minimum Gasteiger partial charge on any atom is -0.368 e. The fourth-order valence-electron chi connectivity index (χ4n) is 1.39. The molecule has 17 heavy (non-hydrogen) atoms. The van der Waals surface area contributed by atoms with Gasteiger partial charge in [-0.1, -0.05) is 11.6 Å². The average Bonchev–Trinajstić information content (AvgIpc) is 2.32. The van der Waals surface area contributed by atoms with Crippen LogP contribution in [0, 0.1) is 5.82 Å². The molecule has 2 aromatic rings. The number of anilines is 3. The van der Waals surface area contributed by atoms with Crippen LogP contribution >= 0.6 is 11.6 Å². The predicted molar refractivity (Wildman–Crippen MR) is 65.9 cm³/mol. The molecule has 2 N–H and O–H groups in total. The van der Waals surface area contributed by atoms with Gasteiger partial charge in [0.05, 0.1) is 6.20 Å². The van der Waals surface area contributed by atoms with Crippen molar-refractivity contribution in [3.63, 3.8) is 0 Å². The number of halogens is 2. The Labute approximate surface area is 103 Å². The van der Waals surface area contributed by atoms with Crippen molar-refractivity contribution in [2.45, 2.75) is 0 Å². The molecule has 1 aromatic heterocycles. The number of rotatable bonds is 2. The molecule has 1 aromatic carbocycles. The predicted octanol–water partition coefficient (Wildman–Crippen LogP) is 2.62. The molecule has 0 atom stereocenters. The average molecular weight is 253 g/mol. The molecule has 0 radical (unpaired) electrons. The first-order valence-corrected chi connectivity index (χ1v) is 5.23. The largest absolute Gasteiger partial charge is 0.368 e. The van der Waals surface area contributed by atoms with E-state index < -0.39 is 0 Å². The third-order valence-electron chi connectivity index (χ3n) is 2.28. The summed E-state index contributed by atoms with van der Waals surface area (Å²) in [6.45, 7) is 0. The molecule has 88 valence electrons. The van der Waals surface area contributed by atoms with E-state index in [4.69, 9.17) is 17.3 Å². The Bertz CT molecular complexity index is 529. The van der Waals surface area contributed by atoms with Gasteiger partial charge in [0.1, 0.15) is 10.8 Å². The van der Waals surface area contributed by atoms with Gasteiger partial charge in [-0.25, -0.2) is 9.37 Å². The van der Waals surface area contributed by atoms with Gasteiger partial charge in [-0.05, 0) is 24.3 Å². The summed E-state index contributed by atoms with van der Waals surface area (Å²) in [6, 6.07) is 5.99. The van der Waals surface area contributed by atoms with Gasteiger partial charge in [0.2, 0.25) is 5.95 Å². The fourth-order valence-corrected chi connectivity index (χ4v) is 1.61. The Balaban J connectivity index is 2.39. The van der Waals surface area contributed by atoms with E-state index in [2.05, 4.69) is 9.97 Å². The van der Waals surface area contributed by atoms with Gasteiger partial charge >= 0.3 is 0 Å². The normalized spacial score (nSPS) is 10.3. The van der Waals surface area contributed by atoms with Gasteiger partial charge in [-0.3, -0.25) is 0 Å². The van der Waals surface area contributed by atoms with Crippen LogP contribution in [-0.2, 0) is 0 Å². The highest BCUT2D eigenvalue weighted by Gasteiger charge is 2.11. The maximum absolute atomic E-state index is 12.8. The number of benzene rings is 1. The number of hydrogen-bond acceptors (Lipinski definition) is 4. The van der Waals surface area contributed by atoms with E-state index in [-0.39, 0.29) is 11.8 Å². The van der Waals surface area contributed by atoms with Crippen molar-refractivity contribution < 1.29 is 4.39 Å². The smallest absolute Gasteiger partial charge is 0.222 e. The van der Waals surface area contributed by atoms with Crippen molar-refractivity contribution in [2.24, 2.45) is 0 Å². The lowest BCUT2D eigenvalue weighted by Gasteiger charge is -2.19. The van der Waals surface area contributed by atoms with Crippen molar-refractivity contribution >= 4 is 29.1 Å². The van der Waals surface area contributed by atoms with E-state index in [0.29, 0.717) is 10.8 Å². The lowest BCUT2D eigenvalue weighted by atomic mass is 10.3. The number of aromatic nitrogens is 2. The zero-order valence-electron chi connectivity index (χ0n) is 9.06. The molecule has 1 heterocycles. The van der Waals surface area contributed by atoms with E-state index in [0.717, 1.165) is 5.69 Å². The molecule has 0 aliphatic carbocycles. The molecule has 0 spiro atoms. The summed E-state index contributed by atoms with van der Waals surface area (Å²) < 4.78 is 12.8. The highest BCUT2D eigenvalue weighted by molar-refractivity contribution is 6.33. The van der Waals surface area contributed by atoms with Gasteiger partial charge in [-0.2, -0.15) is 4.98 Å². The molecule has 0 fully saturated rings. The van der Waals surface area contributed by atoms with Crippen molar-refractivity contribution in [1.29, 1.82) is 0 Å². The lowest BCUT2D eigenvalue weighted by Crippen LogP contribution is -2.13. The monoisotopic (exact) mass is 252 g/mol. The fraction of sp³-hybridized carbons (Fsp3) is 0.0909. The molecular formula is C11H10ClFN4. The molecule has 0 unspecified atom stereocenters. The molecule has 0 aliphatic rings. The quantitative estimate of drug-likeness (QED) is 0.893. The first-order valence-electron chi connectivity index (χ1n) is 4.85. The highest BCUT2D eigenvalue weighted by Crippen LogP contribution is 2.28. The number of hydrogen-bond donors (Lipinski definition) is 1. The van der Waals surface area contributed by atoms with Gasteiger partial charge in [-0.15, -0.1) is 0 Å². The first kappa shape index (κ1) is 11.6. The molecule has 0 saturated carbocycles. The first-order chi connectivity index (χ1) is 8.08. The Morgan fingerprint density at radius 3 is 2.59 bits per heavy atom. The second-order valence-corrected chi connectivity index (χ2v) is 3.84. The summed E-state index contributed by atoms with van der Waals surface area (Å²) in [6.07, 6.45) is 1.43. The zero-order chi connectivity index (χ0) is 12.4. The van der Waals surface area contributed by atoms with Gasteiger partial charge < -0.3 is 10.6 Å². The van der Waals surface area contributed by atoms with Crippen LogP contribution in [0.25, 0.3) is 0 Å². The van der Waals surface area contributed by atoms with Crippen LogP contribution in [0.4, 0.5) is 21.8 Å². The van der Waals surface area contributed by atoms with E-state index in [9.17, 15) is 4.39 Å². The van der Waals surface area contributed by atoms with Gasteiger partial charge in [0.15, 0.2) is 5.82 Å². The van der Waals surface area contributed by atoms with E-state index >= 15 is 0 Å². The maximum atomic E-state index is 12.8. The third kappa shape index (κ3) is 2.45. The summed E-state index contributed by atoms with van der Waals surface area (Å²) in [5.74, 6) is 0.319. The number of nitrogen functional groups attached to an aromatic ring is 1. The highest BCUT2D eigenvalue weighted by atomic mass is 35.5. The minimum atomic E-state index is -0.296. The third-order valence-corrected chi connectivity index (χ3v) is 2.54. The topological polar surface area (TPSA) is 55.0 Å². The van der Waals surface area contributed by atoms with Crippen molar-refractivity contribution in [3.8, 4) is 0 Å². The van der Waals surface area contributed by atoms with Crippen molar-refractivity contribution in [2.75, 3.05) is 17.7 Å². The lowest BCUT2D eigenvalue weighted by molar-refractivity contribution is 0.628. The molecule has 0 bridgehead atoms. The second kappa shape index (κ2) is 4.55. The van der Waals surface area contributed by atoms with Crippen LogP contribution < -0.4 is 10.6 Å². The molecule has 2 rings (SSSR count). The Morgan fingerprint density at radius 2 is 1.94 bits per heavy atom. The van der Waals surface area contributed by atoms with Gasteiger partial charge in [0.25, 0.3) is 0 Å². The van der Waals surface area contributed by atoms with Crippen LogP contribution in [0.3, 0.4) is 0 Å². The number of nitrogens with zero attached hydrogens (tertiary/aromatic N) is 3. The SMILES string of the molecule is CN(c1ccc(F)cc1)c1nc(N)ncc1Cl. The summed E-state index contributed by atoms with van der Waals surface area (Å²) in [4.78, 5) is 9.52. The number of nitrogens with two attached hydrogens (primary N) is 1. The Morgan fingerprint density at radius 1 is 1.29 bits per heavy atom. The Kier molecular flexibility index (Phi) is 3.10. The van der Waals surface area contributed by atoms with Crippen LogP contribution in [-0.4, -0.2) is 17.0 Å². The van der Waals surface area contributed by atoms with Crippen LogP contribution in [0.2, 0.25) is 5.02 Å². The van der Waals surface area contributed by atoms with Crippen molar-refractivity contribution in [1.82, 2.24) is 9.97 Å². The Hall–Kier alpha value is -1.88. The second-order valence-electron chi connectivity index (χ2n) is 3.44. The summed E-state index contributed by atoms with van der Waals surface area (Å²) in [7, 11) is 1.76. The van der Waals surface area contributed by atoms with Crippen LogP contribution in [0.5, 0.6) is 0 Å². The zero-order valence-corrected chi connectivity index (χ0v) is 9.82.